The van der Waals surface area contributed by atoms with E-state index < -0.39 is 12.0 Å². The first-order chi connectivity index (χ1) is 10.3. The van der Waals surface area contributed by atoms with E-state index in [0.717, 1.165) is 12.3 Å². The van der Waals surface area contributed by atoms with Gasteiger partial charge >= 0.3 is 5.97 Å². The van der Waals surface area contributed by atoms with E-state index in [1.165, 1.54) is 25.7 Å². The third-order valence-electron chi connectivity index (χ3n) is 5.31. The molecule has 5 heteroatoms. The number of hydrogen-bond donors (Lipinski definition) is 3. The summed E-state index contributed by atoms with van der Waals surface area (Å²) < 4.78 is 0. The van der Waals surface area contributed by atoms with E-state index in [1.54, 1.807) is 0 Å². The molecular weight excluding hydrogens is 280 g/mol. The number of aliphatic carboxylic acids is 1. The molecule has 2 aliphatic rings. The summed E-state index contributed by atoms with van der Waals surface area (Å²) >= 11 is 0. The number of hydrogen-bond acceptors (Lipinski definition) is 3. The molecule has 5 nitrogen and oxygen atoms in total. The summed E-state index contributed by atoms with van der Waals surface area (Å²) in [5.74, 6) is 0.687. The summed E-state index contributed by atoms with van der Waals surface area (Å²) in [5.41, 5.74) is -0.382. The van der Waals surface area contributed by atoms with Crippen molar-refractivity contribution >= 4 is 11.9 Å². The van der Waals surface area contributed by atoms with Crippen molar-refractivity contribution in [3.63, 3.8) is 0 Å². The van der Waals surface area contributed by atoms with Crippen molar-refractivity contribution in [2.45, 2.75) is 71.4 Å². The number of carboxylic acids is 1. The van der Waals surface area contributed by atoms with Crippen LogP contribution in [-0.2, 0) is 9.59 Å². The Morgan fingerprint density at radius 1 is 1.23 bits per heavy atom. The Balaban J connectivity index is 1.81. The van der Waals surface area contributed by atoms with Crippen LogP contribution in [0.3, 0.4) is 0 Å². The summed E-state index contributed by atoms with van der Waals surface area (Å²) in [6.45, 7) is 6.87. The number of amides is 1. The molecule has 1 aliphatic carbocycles. The standard InChI is InChI=1S/C17H30N2O3/c1-11-4-6-12(7-5-11)9-17(2,3)16(22)19-13-8-14(15(20)21)18-10-13/h11-14,18H,4-10H2,1-3H3,(H,19,22)(H,20,21). The van der Waals surface area contributed by atoms with Crippen LogP contribution in [0.25, 0.3) is 0 Å². The molecule has 2 rings (SSSR count). The number of carboxylic acid groups (broad SMARTS) is 1. The molecule has 0 bridgehead atoms. The smallest absolute Gasteiger partial charge is 0.320 e. The van der Waals surface area contributed by atoms with Gasteiger partial charge in [0, 0.05) is 18.0 Å². The molecule has 22 heavy (non-hydrogen) atoms. The van der Waals surface area contributed by atoms with Crippen LogP contribution in [0, 0.1) is 17.3 Å². The van der Waals surface area contributed by atoms with Crippen LogP contribution in [0.15, 0.2) is 0 Å². The number of carbonyl (C=O) groups excluding carboxylic acids is 1. The second-order valence-corrected chi connectivity index (χ2v) is 7.92. The zero-order valence-electron chi connectivity index (χ0n) is 14.0. The van der Waals surface area contributed by atoms with Gasteiger partial charge in [-0.05, 0) is 24.7 Å². The maximum absolute atomic E-state index is 12.5. The minimum Gasteiger partial charge on any atom is -0.480 e. The fourth-order valence-electron chi connectivity index (χ4n) is 3.76. The highest BCUT2D eigenvalue weighted by molar-refractivity contribution is 5.82. The molecule has 0 aromatic heterocycles. The van der Waals surface area contributed by atoms with Gasteiger partial charge in [-0.2, -0.15) is 0 Å². The van der Waals surface area contributed by atoms with Crippen LogP contribution < -0.4 is 10.6 Å². The topological polar surface area (TPSA) is 78.4 Å². The molecule has 0 radical (unpaired) electrons. The zero-order valence-corrected chi connectivity index (χ0v) is 14.0. The van der Waals surface area contributed by atoms with Gasteiger partial charge < -0.3 is 15.7 Å². The Labute approximate surface area is 133 Å². The average molecular weight is 310 g/mol. The quantitative estimate of drug-likeness (QED) is 0.727. The highest BCUT2D eigenvalue weighted by Gasteiger charge is 2.36. The van der Waals surface area contributed by atoms with Crippen LogP contribution in [0.5, 0.6) is 0 Å². The number of nitrogens with one attached hydrogen (secondary N) is 2. The van der Waals surface area contributed by atoms with Crippen LogP contribution in [0.2, 0.25) is 0 Å². The van der Waals surface area contributed by atoms with Gasteiger partial charge in [0.2, 0.25) is 5.91 Å². The first-order valence-corrected chi connectivity index (χ1v) is 8.55. The van der Waals surface area contributed by atoms with E-state index in [-0.39, 0.29) is 17.4 Å². The van der Waals surface area contributed by atoms with Crippen LogP contribution >= 0.6 is 0 Å². The summed E-state index contributed by atoms with van der Waals surface area (Å²) in [6.07, 6.45) is 6.39. The minimum atomic E-state index is -0.840. The van der Waals surface area contributed by atoms with Crippen LogP contribution in [0.4, 0.5) is 0 Å². The largest absolute Gasteiger partial charge is 0.480 e. The predicted molar refractivity (Wildman–Crippen MR) is 85.5 cm³/mol. The molecule has 126 valence electrons. The lowest BCUT2D eigenvalue weighted by Gasteiger charge is -2.33. The molecule has 2 unspecified atom stereocenters. The third-order valence-corrected chi connectivity index (χ3v) is 5.31. The lowest BCUT2D eigenvalue weighted by Crippen LogP contribution is -2.44. The van der Waals surface area contributed by atoms with Crippen molar-refractivity contribution in [3.8, 4) is 0 Å². The first-order valence-electron chi connectivity index (χ1n) is 8.55. The van der Waals surface area contributed by atoms with Crippen molar-refractivity contribution in [2.75, 3.05) is 6.54 Å². The first kappa shape index (κ1) is 17.3. The minimum absolute atomic E-state index is 0.0592. The van der Waals surface area contributed by atoms with Crippen molar-refractivity contribution in [1.29, 1.82) is 0 Å². The molecule has 3 N–H and O–H groups in total. The van der Waals surface area contributed by atoms with Crippen molar-refractivity contribution in [2.24, 2.45) is 17.3 Å². The Morgan fingerprint density at radius 2 is 1.86 bits per heavy atom. The lowest BCUT2D eigenvalue weighted by molar-refractivity contribution is -0.139. The Bertz CT molecular complexity index is 414. The van der Waals surface area contributed by atoms with Gasteiger partial charge in [-0.1, -0.05) is 46.5 Å². The van der Waals surface area contributed by atoms with E-state index in [9.17, 15) is 9.59 Å². The maximum atomic E-state index is 12.5. The molecular formula is C17H30N2O3. The molecule has 1 aliphatic heterocycles. The van der Waals surface area contributed by atoms with E-state index in [2.05, 4.69) is 17.6 Å². The summed E-state index contributed by atoms with van der Waals surface area (Å²) in [6, 6.07) is -0.604. The molecule has 0 aromatic carbocycles. The van der Waals surface area contributed by atoms with E-state index in [0.29, 0.717) is 18.9 Å². The molecule has 0 aromatic rings. The second-order valence-electron chi connectivity index (χ2n) is 7.92. The highest BCUT2D eigenvalue weighted by atomic mass is 16.4. The van der Waals surface area contributed by atoms with Gasteiger partial charge in [-0.25, -0.2) is 0 Å². The fourth-order valence-corrected chi connectivity index (χ4v) is 3.76. The van der Waals surface area contributed by atoms with Crippen molar-refractivity contribution < 1.29 is 14.7 Å². The SMILES string of the molecule is CC1CCC(CC(C)(C)C(=O)NC2CNC(C(=O)O)C2)CC1. The van der Waals surface area contributed by atoms with Gasteiger partial charge in [0.25, 0.3) is 0 Å². The Kier molecular flexibility index (Phi) is 5.48. The highest BCUT2D eigenvalue weighted by Crippen LogP contribution is 2.36. The summed E-state index contributed by atoms with van der Waals surface area (Å²) in [5, 5.41) is 15.0. The normalized spacial score (nSPS) is 32.7. The molecule has 2 atom stereocenters. The van der Waals surface area contributed by atoms with Gasteiger partial charge in [0.15, 0.2) is 0 Å². The predicted octanol–water partition coefficient (Wildman–Crippen LogP) is 2.16. The molecule has 1 heterocycles. The van der Waals surface area contributed by atoms with Gasteiger partial charge in [0.05, 0.1) is 0 Å². The van der Waals surface area contributed by atoms with Crippen LogP contribution in [-0.4, -0.2) is 35.6 Å². The zero-order chi connectivity index (χ0) is 16.3. The summed E-state index contributed by atoms with van der Waals surface area (Å²) in [7, 11) is 0. The monoisotopic (exact) mass is 310 g/mol. The molecule has 1 saturated heterocycles. The van der Waals surface area contributed by atoms with Crippen LogP contribution in [0.1, 0.15) is 59.3 Å². The molecule has 2 fully saturated rings. The van der Waals surface area contributed by atoms with Crippen molar-refractivity contribution in [1.82, 2.24) is 10.6 Å². The number of rotatable bonds is 5. The summed E-state index contributed by atoms with van der Waals surface area (Å²) in [4.78, 5) is 23.5. The molecule has 1 amide bonds. The Morgan fingerprint density at radius 3 is 2.41 bits per heavy atom. The van der Waals surface area contributed by atoms with Crippen molar-refractivity contribution in [3.05, 3.63) is 0 Å². The maximum Gasteiger partial charge on any atom is 0.320 e. The van der Waals surface area contributed by atoms with E-state index in [4.69, 9.17) is 5.11 Å². The van der Waals surface area contributed by atoms with E-state index in [1.807, 2.05) is 13.8 Å². The van der Waals surface area contributed by atoms with Gasteiger partial charge in [0.1, 0.15) is 6.04 Å². The lowest BCUT2D eigenvalue weighted by atomic mass is 9.74. The average Bonchev–Trinajstić information content (AvgIpc) is 2.90. The second kappa shape index (κ2) is 6.99. The van der Waals surface area contributed by atoms with Gasteiger partial charge in [-0.3, -0.25) is 9.59 Å². The van der Waals surface area contributed by atoms with E-state index >= 15 is 0 Å². The number of carbonyl (C=O) groups is 2. The molecule has 1 saturated carbocycles. The molecule has 0 spiro atoms. The third kappa shape index (κ3) is 4.45. The Hall–Kier alpha value is -1.10. The van der Waals surface area contributed by atoms with Gasteiger partial charge in [-0.15, -0.1) is 0 Å². The fraction of sp³-hybridized carbons (Fsp3) is 0.882.